The Morgan fingerprint density at radius 1 is 1.22 bits per heavy atom. The lowest BCUT2D eigenvalue weighted by molar-refractivity contribution is 0.0634. The molecule has 0 aliphatic heterocycles. The molecule has 0 unspecified atom stereocenters. The van der Waals surface area contributed by atoms with Crippen LogP contribution in [0.1, 0.15) is 43.1 Å². The standard InChI is InChI=1S/C19H18O3S/c1-19(2,3)22-17-14(5-4-6-16(17)23)10-7-13-8-11-15(12-9-13)18(20)21/h4-5,8-9,11-12H,6H2,1-3H3,(H,20,21). The average molecular weight is 326 g/mol. The number of allylic oxidation sites excluding steroid dienone is 4. The van der Waals surface area contributed by atoms with Crippen LogP contribution < -0.4 is 0 Å². The Balaban J connectivity index is 2.32. The van der Waals surface area contributed by atoms with E-state index in [0.717, 1.165) is 16.0 Å². The Morgan fingerprint density at radius 3 is 2.43 bits per heavy atom. The van der Waals surface area contributed by atoms with Crippen LogP contribution >= 0.6 is 12.2 Å². The van der Waals surface area contributed by atoms with Gasteiger partial charge in [0.2, 0.25) is 0 Å². The number of rotatable bonds is 2. The molecule has 1 aromatic rings. The van der Waals surface area contributed by atoms with Crippen LogP contribution in [0, 0.1) is 11.8 Å². The number of carboxylic acids is 1. The smallest absolute Gasteiger partial charge is 0.335 e. The molecule has 23 heavy (non-hydrogen) atoms. The van der Waals surface area contributed by atoms with E-state index in [-0.39, 0.29) is 11.2 Å². The van der Waals surface area contributed by atoms with Gasteiger partial charge in [-0.25, -0.2) is 4.79 Å². The summed E-state index contributed by atoms with van der Waals surface area (Å²) in [5.74, 6) is 5.80. The Hall–Kier alpha value is -2.38. The van der Waals surface area contributed by atoms with Crippen molar-refractivity contribution in [3.63, 3.8) is 0 Å². The van der Waals surface area contributed by atoms with E-state index in [4.69, 9.17) is 22.1 Å². The summed E-state index contributed by atoms with van der Waals surface area (Å²) in [4.78, 5) is 11.6. The van der Waals surface area contributed by atoms with Gasteiger partial charge in [0, 0.05) is 12.0 Å². The summed E-state index contributed by atoms with van der Waals surface area (Å²) in [5, 5.41) is 8.90. The number of hydrogen-bond donors (Lipinski definition) is 1. The molecule has 3 nitrogen and oxygen atoms in total. The van der Waals surface area contributed by atoms with Gasteiger partial charge in [-0.05, 0) is 51.1 Å². The van der Waals surface area contributed by atoms with E-state index in [1.54, 1.807) is 12.1 Å². The van der Waals surface area contributed by atoms with Crippen LogP contribution in [0.3, 0.4) is 0 Å². The van der Waals surface area contributed by atoms with E-state index >= 15 is 0 Å². The largest absolute Gasteiger partial charge is 0.486 e. The first-order valence-electron chi connectivity index (χ1n) is 7.25. The third-order valence-corrected chi connectivity index (χ3v) is 3.32. The molecule has 4 heteroatoms. The van der Waals surface area contributed by atoms with E-state index in [1.165, 1.54) is 12.1 Å². The molecule has 0 saturated carbocycles. The van der Waals surface area contributed by atoms with Crippen molar-refractivity contribution in [3.05, 3.63) is 58.9 Å². The van der Waals surface area contributed by atoms with Crippen molar-refractivity contribution in [2.75, 3.05) is 0 Å². The van der Waals surface area contributed by atoms with Crippen molar-refractivity contribution in [2.24, 2.45) is 0 Å². The lowest BCUT2D eigenvalue weighted by Gasteiger charge is -2.25. The van der Waals surface area contributed by atoms with Crippen molar-refractivity contribution >= 4 is 23.1 Å². The zero-order valence-electron chi connectivity index (χ0n) is 13.3. The van der Waals surface area contributed by atoms with Crippen LogP contribution in [0.15, 0.2) is 47.7 Å². The summed E-state index contributed by atoms with van der Waals surface area (Å²) in [6.07, 6.45) is 4.56. The summed E-state index contributed by atoms with van der Waals surface area (Å²) in [6, 6.07) is 6.45. The number of thiocarbonyl (C=S) groups is 1. The SMILES string of the molecule is CC(C)(C)OC1=C(C#Cc2ccc(C(=O)O)cc2)C=CCC1=S. The molecule has 1 N–H and O–H groups in total. The molecule has 1 aromatic carbocycles. The van der Waals surface area contributed by atoms with Gasteiger partial charge < -0.3 is 9.84 Å². The van der Waals surface area contributed by atoms with Gasteiger partial charge >= 0.3 is 5.97 Å². The molecule has 0 heterocycles. The zero-order chi connectivity index (χ0) is 17.0. The number of ether oxygens (including phenoxy) is 1. The lowest BCUT2D eigenvalue weighted by atomic mass is 10.0. The van der Waals surface area contributed by atoms with Crippen molar-refractivity contribution in [2.45, 2.75) is 32.8 Å². The van der Waals surface area contributed by atoms with Gasteiger partial charge in [0.1, 0.15) is 11.4 Å². The lowest BCUT2D eigenvalue weighted by Crippen LogP contribution is -2.23. The maximum absolute atomic E-state index is 10.8. The van der Waals surface area contributed by atoms with Crippen molar-refractivity contribution in [1.29, 1.82) is 0 Å². The first kappa shape index (κ1) is 17.0. The molecule has 0 bridgehead atoms. The van der Waals surface area contributed by atoms with Gasteiger partial charge in [-0.2, -0.15) is 0 Å². The van der Waals surface area contributed by atoms with Gasteiger partial charge in [0.05, 0.1) is 16.0 Å². The number of carbonyl (C=O) groups is 1. The zero-order valence-corrected chi connectivity index (χ0v) is 14.2. The molecule has 0 aromatic heterocycles. The Bertz CT molecular complexity index is 751. The molecule has 0 radical (unpaired) electrons. The Morgan fingerprint density at radius 2 is 1.87 bits per heavy atom. The highest BCUT2D eigenvalue weighted by molar-refractivity contribution is 7.80. The highest BCUT2D eigenvalue weighted by Crippen LogP contribution is 2.23. The fraction of sp³-hybridized carbons (Fsp3) is 0.263. The predicted octanol–water partition coefficient (Wildman–Crippen LogP) is 4.14. The fourth-order valence-electron chi connectivity index (χ4n) is 1.95. The average Bonchev–Trinajstić information content (AvgIpc) is 2.47. The number of benzene rings is 1. The van der Waals surface area contributed by atoms with E-state index < -0.39 is 5.97 Å². The van der Waals surface area contributed by atoms with Crippen LogP contribution in [0.2, 0.25) is 0 Å². The van der Waals surface area contributed by atoms with Crippen molar-refractivity contribution in [3.8, 4) is 11.8 Å². The topological polar surface area (TPSA) is 46.5 Å². The van der Waals surface area contributed by atoms with Crippen LogP contribution in [-0.2, 0) is 4.74 Å². The maximum atomic E-state index is 10.8. The highest BCUT2D eigenvalue weighted by Gasteiger charge is 2.20. The van der Waals surface area contributed by atoms with Crippen LogP contribution in [-0.4, -0.2) is 21.5 Å². The Kier molecular flexibility index (Phi) is 5.02. The molecular weight excluding hydrogens is 308 g/mol. The van der Waals surface area contributed by atoms with Gasteiger partial charge in [-0.15, -0.1) is 0 Å². The van der Waals surface area contributed by atoms with E-state index in [1.807, 2.05) is 32.9 Å². The first-order chi connectivity index (χ1) is 10.8. The molecule has 0 amide bonds. The summed E-state index contributed by atoms with van der Waals surface area (Å²) < 4.78 is 5.95. The highest BCUT2D eigenvalue weighted by atomic mass is 32.1. The molecule has 0 fully saturated rings. The van der Waals surface area contributed by atoms with Crippen molar-refractivity contribution < 1.29 is 14.6 Å². The molecule has 0 atom stereocenters. The molecule has 2 rings (SSSR count). The minimum atomic E-state index is -0.950. The molecule has 1 aliphatic carbocycles. The molecular formula is C19H18O3S. The van der Waals surface area contributed by atoms with Gasteiger partial charge in [-0.1, -0.05) is 30.1 Å². The quantitative estimate of drug-likeness (QED) is 0.655. The Labute approximate surface area is 141 Å². The normalized spacial score (nSPS) is 14.3. The third kappa shape index (κ3) is 4.80. The second kappa shape index (κ2) is 6.80. The van der Waals surface area contributed by atoms with Gasteiger partial charge in [0.15, 0.2) is 0 Å². The molecule has 1 aliphatic rings. The van der Waals surface area contributed by atoms with E-state index in [9.17, 15) is 4.79 Å². The minimum absolute atomic E-state index is 0.241. The minimum Gasteiger partial charge on any atom is -0.486 e. The number of carboxylic acid groups (broad SMARTS) is 1. The van der Waals surface area contributed by atoms with Gasteiger partial charge in [0.25, 0.3) is 0 Å². The monoisotopic (exact) mass is 326 g/mol. The van der Waals surface area contributed by atoms with Gasteiger partial charge in [-0.3, -0.25) is 0 Å². The molecule has 0 saturated heterocycles. The summed E-state index contributed by atoms with van der Waals surface area (Å²) in [7, 11) is 0. The maximum Gasteiger partial charge on any atom is 0.335 e. The second-order valence-electron chi connectivity index (χ2n) is 6.12. The summed E-state index contributed by atoms with van der Waals surface area (Å²) in [6.45, 7) is 5.91. The first-order valence-corrected chi connectivity index (χ1v) is 7.65. The number of aromatic carboxylic acids is 1. The molecule has 0 spiro atoms. The van der Waals surface area contributed by atoms with E-state index in [2.05, 4.69) is 11.8 Å². The molecule has 118 valence electrons. The van der Waals surface area contributed by atoms with E-state index in [0.29, 0.717) is 12.2 Å². The summed E-state index contributed by atoms with van der Waals surface area (Å²) >= 11 is 5.38. The predicted molar refractivity (Wildman–Crippen MR) is 94.5 cm³/mol. The third-order valence-electron chi connectivity index (χ3n) is 2.97. The van der Waals surface area contributed by atoms with Crippen molar-refractivity contribution in [1.82, 2.24) is 0 Å². The second-order valence-corrected chi connectivity index (χ2v) is 6.61. The van der Waals surface area contributed by atoms with Crippen LogP contribution in [0.5, 0.6) is 0 Å². The fourth-order valence-corrected chi connectivity index (χ4v) is 2.20. The number of hydrogen-bond acceptors (Lipinski definition) is 3. The van der Waals surface area contributed by atoms with Crippen LogP contribution in [0.4, 0.5) is 0 Å². The summed E-state index contributed by atoms with van der Waals surface area (Å²) in [5.41, 5.74) is 1.38. The van der Waals surface area contributed by atoms with Crippen LogP contribution in [0.25, 0.3) is 0 Å².